The van der Waals surface area contributed by atoms with Crippen molar-refractivity contribution in [2.45, 2.75) is 34.1 Å². The molecule has 0 saturated carbocycles. The molecule has 7 rings (SSSR count). The number of rotatable bonds is 1. The second-order valence-corrected chi connectivity index (χ2v) is 11.2. The second kappa shape index (κ2) is 6.48. The van der Waals surface area contributed by atoms with Gasteiger partial charge in [-0.3, -0.25) is 0 Å². The van der Waals surface area contributed by atoms with Gasteiger partial charge in [0.05, 0.1) is 16.4 Å². The molecule has 4 aromatic carbocycles. The number of hydrogen-bond donors (Lipinski definition) is 0. The SMILES string of the molecule is Cc1c2ccccc2c2cccc3c2c1c1c2c(cc[n+]1C)c1cc(CC(C)(C)C)ccc1n32. The van der Waals surface area contributed by atoms with Gasteiger partial charge in [0.1, 0.15) is 12.6 Å². The van der Waals surface area contributed by atoms with Crippen LogP contribution in [0.5, 0.6) is 0 Å². The molecule has 2 heteroatoms. The van der Waals surface area contributed by atoms with Gasteiger partial charge < -0.3 is 4.40 Å². The Morgan fingerprint density at radius 2 is 1.50 bits per heavy atom. The Balaban J connectivity index is 1.80. The zero-order valence-corrected chi connectivity index (χ0v) is 20.5. The van der Waals surface area contributed by atoms with Crippen LogP contribution in [0.15, 0.2) is 72.9 Å². The number of nitrogens with zero attached hydrogens (tertiary/aromatic N) is 2. The van der Waals surface area contributed by atoms with Gasteiger partial charge in [0.25, 0.3) is 0 Å². The zero-order chi connectivity index (χ0) is 23.4. The smallest absolute Gasteiger partial charge is 0.238 e. The molecule has 0 aliphatic carbocycles. The van der Waals surface area contributed by atoms with Crippen LogP contribution in [-0.4, -0.2) is 4.40 Å². The molecule has 0 aliphatic heterocycles. The normalized spacial score (nSPS) is 13.0. The Bertz CT molecular complexity index is 1930. The van der Waals surface area contributed by atoms with Crippen LogP contribution in [-0.2, 0) is 13.5 Å². The van der Waals surface area contributed by atoms with Crippen LogP contribution >= 0.6 is 0 Å². The lowest BCUT2D eigenvalue weighted by atomic mass is 9.88. The molecule has 0 amide bonds. The molecular formula is C32H29N2+. The first kappa shape index (κ1) is 19.8. The molecule has 0 radical (unpaired) electrons. The first-order valence-corrected chi connectivity index (χ1v) is 12.2. The predicted molar refractivity (Wildman–Crippen MR) is 145 cm³/mol. The van der Waals surface area contributed by atoms with Crippen molar-refractivity contribution in [1.82, 2.24) is 4.40 Å². The molecule has 0 aliphatic rings. The van der Waals surface area contributed by atoms with Crippen molar-refractivity contribution in [3.63, 3.8) is 0 Å². The summed E-state index contributed by atoms with van der Waals surface area (Å²) in [6.45, 7) is 9.25. The van der Waals surface area contributed by atoms with E-state index in [1.165, 1.54) is 70.9 Å². The lowest BCUT2D eigenvalue weighted by Gasteiger charge is -2.18. The van der Waals surface area contributed by atoms with Crippen molar-refractivity contribution in [2.24, 2.45) is 12.5 Å². The van der Waals surface area contributed by atoms with Gasteiger partial charge in [0.2, 0.25) is 5.52 Å². The highest BCUT2D eigenvalue weighted by Crippen LogP contribution is 2.43. The Morgan fingerprint density at radius 3 is 2.29 bits per heavy atom. The molecule has 166 valence electrons. The molecule has 0 saturated heterocycles. The summed E-state index contributed by atoms with van der Waals surface area (Å²) in [5, 5.41) is 9.45. The van der Waals surface area contributed by atoms with Crippen LogP contribution in [0.2, 0.25) is 0 Å². The summed E-state index contributed by atoms with van der Waals surface area (Å²) in [5.74, 6) is 0. The van der Waals surface area contributed by atoms with Crippen LogP contribution in [0.25, 0.3) is 59.8 Å². The van der Waals surface area contributed by atoms with Gasteiger partial charge in [-0.25, -0.2) is 0 Å². The highest BCUT2D eigenvalue weighted by atomic mass is 15.0. The number of fused-ring (bicyclic) bond motifs is 7. The number of pyridine rings is 2. The van der Waals surface area contributed by atoms with E-state index < -0.39 is 0 Å². The maximum Gasteiger partial charge on any atom is 0.238 e. The van der Waals surface area contributed by atoms with E-state index in [0.717, 1.165) is 6.42 Å². The van der Waals surface area contributed by atoms with Crippen LogP contribution in [0.1, 0.15) is 31.9 Å². The number of aryl methyl sites for hydroxylation is 2. The molecule has 3 heterocycles. The lowest BCUT2D eigenvalue weighted by Crippen LogP contribution is -2.29. The molecule has 34 heavy (non-hydrogen) atoms. The van der Waals surface area contributed by atoms with Crippen molar-refractivity contribution in [2.75, 3.05) is 0 Å². The molecule has 0 unspecified atom stereocenters. The number of benzene rings is 4. The van der Waals surface area contributed by atoms with Gasteiger partial charge in [-0.2, -0.15) is 4.57 Å². The maximum absolute atomic E-state index is 2.52. The fraction of sp³-hybridized carbons (Fsp3) is 0.219. The number of hydrogen-bond acceptors (Lipinski definition) is 0. The Hall–Kier alpha value is -3.65. The van der Waals surface area contributed by atoms with Crippen molar-refractivity contribution in [3.05, 3.63) is 84.1 Å². The summed E-state index contributed by atoms with van der Waals surface area (Å²) in [5.41, 5.74) is 8.27. The van der Waals surface area contributed by atoms with E-state index in [1.54, 1.807) is 0 Å². The Labute approximate surface area is 199 Å². The topological polar surface area (TPSA) is 8.29 Å². The minimum atomic E-state index is 0.261. The Morgan fingerprint density at radius 1 is 0.735 bits per heavy atom. The summed E-state index contributed by atoms with van der Waals surface area (Å²) in [7, 11) is 2.19. The third-order valence-electron chi connectivity index (χ3n) is 7.61. The van der Waals surface area contributed by atoms with Gasteiger partial charge in [-0.15, -0.1) is 0 Å². The van der Waals surface area contributed by atoms with Gasteiger partial charge >= 0.3 is 0 Å². The maximum atomic E-state index is 2.52. The van der Waals surface area contributed by atoms with Crippen molar-refractivity contribution >= 4 is 59.8 Å². The summed E-state index contributed by atoms with van der Waals surface area (Å²) in [6, 6.07) is 25.1. The molecule has 0 spiro atoms. The van der Waals surface area contributed by atoms with Gasteiger partial charge in [-0.1, -0.05) is 63.2 Å². The second-order valence-electron chi connectivity index (χ2n) is 11.2. The third kappa shape index (κ3) is 2.49. The monoisotopic (exact) mass is 441 g/mol. The average Bonchev–Trinajstić information content (AvgIpc) is 3.13. The van der Waals surface area contributed by atoms with E-state index in [4.69, 9.17) is 0 Å². The molecule has 0 atom stereocenters. The van der Waals surface area contributed by atoms with E-state index in [-0.39, 0.29) is 5.41 Å². The fourth-order valence-corrected chi connectivity index (χ4v) is 6.34. The van der Waals surface area contributed by atoms with E-state index in [1.807, 2.05) is 0 Å². The highest BCUT2D eigenvalue weighted by Gasteiger charge is 2.25. The summed E-state index contributed by atoms with van der Waals surface area (Å²) >= 11 is 0. The molecule has 0 bridgehead atoms. The highest BCUT2D eigenvalue weighted by molar-refractivity contribution is 6.30. The largest absolute Gasteiger partial charge is 0.303 e. The van der Waals surface area contributed by atoms with Gasteiger partial charge in [0.15, 0.2) is 6.20 Å². The van der Waals surface area contributed by atoms with Gasteiger partial charge in [0, 0.05) is 22.2 Å². The zero-order valence-electron chi connectivity index (χ0n) is 20.5. The van der Waals surface area contributed by atoms with Crippen molar-refractivity contribution in [3.8, 4) is 0 Å². The molecule has 0 fully saturated rings. The predicted octanol–water partition coefficient (Wildman–Crippen LogP) is 7.86. The van der Waals surface area contributed by atoms with Crippen molar-refractivity contribution < 1.29 is 4.57 Å². The lowest BCUT2D eigenvalue weighted by molar-refractivity contribution is -0.644. The van der Waals surface area contributed by atoms with Crippen LogP contribution in [0, 0.1) is 12.3 Å². The van der Waals surface area contributed by atoms with E-state index >= 15 is 0 Å². The number of aromatic nitrogens is 2. The van der Waals surface area contributed by atoms with E-state index in [0.29, 0.717) is 0 Å². The summed E-state index contributed by atoms with van der Waals surface area (Å²) < 4.78 is 4.84. The van der Waals surface area contributed by atoms with Crippen LogP contribution in [0.3, 0.4) is 0 Å². The average molecular weight is 442 g/mol. The third-order valence-corrected chi connectivity index (χ3v) is 7.61. The molecule has 7 aromatic rings. The van der Waals surface area contributed by atoms with Gasteiger partial charge in [-0.05, 0) is 64.2 Å². The van der Waals surface area contributed by atoms with E-state index in [2.05, 4.69) is 117 Å². The molecule has 0 N–H and O–H groups in total. The first-order valence-electron chi connectivity index (χ1n) is 12.2. The summed E-state index contributed by atoms with van der Waals surface area (Å²) in [4.78, 5) is 0. The quantitative estimate of drug-likeness (QED) is 0.139. The fourth-order valence-electron chi connectivity index (χ4n) is 6.34. The van der Waals surface area contributed by atoms with E-state index in [9.17, 15) is 0 Å². The first-order chi connectivity index (χ1) is 16.3. The van der Waals surface area contributed by atoms with Crippen LogP contribution < -0.4 is 4.57 Å². The minimum absolute atomic E-state index is 0.261. The van der Waals surface area contributed by atoms with Crippen LogP contribution in [0.4, 0.5) is 0 Å². The molecule has 3 aromatic heterocycles. The summed E-state index contributed by atoms with van der Waals surface area (Å²) in [6.07, 6.45) is 3.32. The molecular weight excluding hydrogens is 412 g/mol. The minimum Gasteiger partial charge on any atom is -0.303 e. The standard InChI is InChI=1S/C32H29N2/c1-19-21-9-6-7-10-22(21)23-11-8-12-27-29(23)28(19)31-30-24(15-16-33(31)5)25-17-20(18-32(2,3)4)13-14-26(25)34(27)30/h6-17H,18H2,1-5H3/q+1. The molecule has 2 nitrogen and oxygen atoms in total. The Kier molecular flexibility index (Phi) is 3.77. The van der Waals surface area contributed by atoms with Crippen molar-refractivity contribution in [1.29, 1.82) is 0 Å².